The molecule has 1 rings (SSSR count). The Labute approximate surface area is 111 Å². The van der Waals surface area contributed by atoms with Gasteiger partial charge in [0.15, 0.2) is 0 Å². The molecule has 0 saturated carbocycles. The van der Waals surface area contributed by atoms with Crippen molar-refractivity contribution in [3.05, 3.63) is 0 Å². The lowest BCUT2D eigenvalue weighted by molar-refractivity contribution is -0.121. The molecule has 1 aliphatic rings. The topological polar surface area (TPSA) is 47.6 Å². The number of hydrogen-bond acceptors (Lipinski definition) is 4. The van der Waals surface area contributed by atoms with Gasteiger partial charge in [0.05, 0.1) is 6.54 Å². The smallest absolute Gasteiger partial charge is 0.234 e. The highest BCUT2D eigenvalue weighted by Crippen LogP contribution is 2.04. The van der Waals surface area contributed by atoms with Crippen LogP contribution in [0.5, 0.6) is 0 Å². The monoisotopic (exact) mass is 256 g/mol. The lowest BCUT2D eigenvalue weighted by atomic mass is 10.1. The quantitative estimate of drug-likeness (QED) is 0.727. The van der Waals surface area contributed by atoms with Crippen LogP contribution in [0.1, 0.15) is 20.8 Å². The number of nitrogens with zero attached hydrogens (tertiary/aromatic N) is 2. The maximum absolute atomic E-state index is 11.6. The van der Waals surface area contributed by atoms with Crippen molar-refractivity contribution >= 4 is 5.91 Å². The van der Waals surface area contributed by atoms with Gasteiger partial charge in [-0.05, 0) is 34.9 Å². The number of amides is 1. The van der Waals surface area contributed by atoms with E-state index in [1.807, 2.05) is 20.8 Å². The minimum atomic E-state index is -0.152. The summed E-state index contributed by atoms with van der Waals surface area (Å²) in [4.78, 5) is 16.3. The van der Waals surface area contributed by atoms with Crippen molar-refractivity contribution in [3.63, 3.8) is 0 Å². The molecule has 0 aromatic rings. The highest BCUT2D eigenvalue weighted by molar-refractivity contribution is 5.78. The van der Waals surface area contributed by atoms with Crippen molar-refractivity contribution in [2.75, 3.05) is 46.8 Å². The zero-order valence-corrected chi connectivity index (χ0v) is 12.4. The first-order valence-corrected chi connectivity index (χ1v) is 6.68. The molecule has 2 N–H and O–H groups in total. The van der Waals surface area contributed by atoms with Gasteiger partial charge >= 0.3 is 0 Å². The van der Waals surface area contributed by atoms with E-state index in [9.17, 15) is 4.79 Å². The van der Waals surface area contributed by atoms with Crippen LogP contribution in [-0.4, -0.2) is 74.1 Å². The van der Waals surface area contributed by atoms with Crippen molar-refractivity contribution in [2.45, 2.75) is 32.4 Å². The minimum Gasteiger partial charge on any atom is -0.350 e. The fraction of sp³-hybridized carbons (Fsp3) is 0.923. The molecule has 0 aromatic carbocycles. The average Bonchev–Trinajstić information content (AvgIpc) is 2.20. The van der Waals surface area contributed by atoms with Crippen LogP contribution in [0.3, 0.4) is 0 Å². The summed E-state index contributed by atoms with van der Waals surface area (Å²) in [6, 6.07) is 0.492. The number of nitrogens with one attached hydrogen (secondary N) is 2. The molecule has 1 amide bonds. The molecule has 1 unspecified atom stereocenters. The molecule has 1 atom stereocenters. The van der Waals surface area contributed by atoms with Gasteiger partial charge in [0.1, 0.15) is 0 Å². The third-order valence-electron chi connectivity index (χ3n) is 3.16. The second kappa shape index (κ2) is 6.50. The van der Waals surface area contributed by atoms with E-state index in [2.05, 4.69) is 34.5 Å². The first-order chi connectivity index (χ1) is 8.28. The molecule has 5 heteroatoms. The third kappa shape index (κ3) is 5.80. The van der Waals surface area contributed by atoms with Gasteiger partial charge in [0.2, 0.25) is 5.91 Å². The molecule has 1 fully saturated rings. The van der Waals surface area contributed by atoms with Gasteiger partial charge in [-0.2, -0.15) is 0 Å². The predicted octanol–water partition coefficient (Wildman–Crippen LogP) is -0.263. The van der Waals surface area contributed by atoms with E-state index in [-0.39, 0.29) is 11.4 Å². The van der Waals surface area contributed by atoms with Crippen molar-refractivity contribution in [3.8, 4) is 0 Å². The van der Waals surface area contributed by atoms with Gasteiger partial charge in [-0.15, -0.1) is 0 Å². The third-order valence-corrected chi connectivity index (χ3v) is 3.16. The number of carbonyl (C=O) groups excluding carboxylic acids is 1. The Morgan fingerprint density at radius 3 is 2.56 bits per heavy atom. The zero-order chi connectivity index (χ0) is 13.8. The van der Waals surface area contributed by atoms with Crippen LogP contribution in [0.25, 0.3) is 0 Å². The van der Waals surface area contributed by atoms with Gasteiger partial charge in [0, 0.05) is 37.8 Å². The molecule has 1 heterocycles. The summed E-state index contributed by atoms with van der Waals surface area (Å²) in [5.74, 6) is 0.0642. The van der Waals surface area contributed by atoms with Gasteiger partial charge in [-0.25, -0.2) is 0 Å². The summed E-state index contributed by atoms with van der Waals surface area (Å²) < 4.78 is 0. The van der Waals surface area contributed by atoms with E-state index < -0.39 is 0 Å². The van der Waals surface area contributed by atoms with E-state index >= 15 is 0 Å². The van der Waals surface area contributed by atoms with Crippen LogP contribution in [0.2, 0.25) is 0 Å². The molecule has 18 heavy (non-hydrogen) atoms. The van der Waals surface area contributed by atoms with Crippen LogP contribution in [0.4, 0.5) is 0 Å². The molecular weight excluding hydrogens is 228 g/mol. The zero-order valence-electron chi connectivity index (χ0n) is 12.4. The summed E-state index contributed by atoms with van der Waals surface area (Å²) in [6.07, 6.45) is 0. The summed E-state index contributed by atoms with van der Waals surface area (Å²) in [7, 11) is 4.29. The van der Waals surface area contributed by atoms with Crippen molar-refractivity contribution < 1.29 is 4.79 Å². The highest BCUT2D eigenvalue weighted by Gasteiger charge is 2.22. The predicted molar refractivity (Wildman–Crippen MR) is 74.7 cm³/mol. The largest absolute Gasteiger partial charge is 0.350 e. The lowest BCUT2D eigenvalue weighted by Gasteiger charge is -2.37. The van der Waals surface area contributed by atoms with E-state index in [4.69, 9.17) is 0 Å². The normalized spacial score (nSPS) is 23.1. The SMILES string of the molecule is CN1CCN(C)C(CNCC(=O)NC(C)(C)C)C1. The Morgan fingerprint density at radius 2 is 1.94 bits per heavy atom. The minimum absolute atomic E-state index is 0.0642. The molecular formula is C13H28N4O. The van der Waals surface area contributed by atoms with Crippen LogP contribution >= 0.6 is 0 Å². The number of carbonyl (C=O) groups is 1. The number of hydrogen-bond donors (Lipinski definition) is 2. The van der Waals surface area contributed by atoms with Gasteiger partial charge < -0.3 is 15.5 Å². The standard InChI is InChI=1S/C13H28N4O/c1-13(2,3)15-12(18)9-14-8-11-10-16(4)6-7-17(11)5/h11,14H,6-10H2,1-5H3,(H,15,18). The molecule has 5 nitrogen and oxygen atoms in total. The Kier molecular flexibility index (Phi) is 5.56. The van der Waals surface area contributed by atoms with Crippen LogP contribution in [0, 0.1) is 0 Å². The summed E-state index contributed by atoms with van der Waals surface area (Å²) >= 11 is 0. The van der Waals surface area contributed by atoms with Gasteiger partial charge in [-0.1, -0.05) is 0 Å². The first-order valence-electron chi connectivity index (χ1n) is 6.68. The van der Waals surface area contributed by atoms with Gasteiger partial charge in [-0.3, -0.25) is 9.69 Å². The van der Waals surface area contributed by atoms with Gasteiger partial charge in [0.25, 0.3) is 0 Å². The second-order valence-corrected chi connectivity index (χ2v) is 6.33. The van der Waals surface area contributed by atoms with E-state index in [1.54, 1.807) is 0 Å². The molecule has 0 radical (unpaired) electrons. The first kappa shape index (κ1) is 15.4. The van der Waals surface area contributed by atoms with Crippen LogP contribution in [0.15, 0.2) is 0 Å². The van der Waals surface area contributed by atoms with Crippen LogP contribution in [-0.2, 0) is 4.79 Å². The maximum atomic E-state index is 11.6. The fourth-order valence-corrected chi connectivity index (χ4v) is 2.14. The number of rotatable bonds is 4. The maximum Gasteiger partial charge on any atom is 0.234 e. The van der Waals surface area contributed by atoms with Crippen molar-refractivity contribution in [2.24, 2.45) is 0 Å². The van der Waals surface area contributed by atoms with E-state index in [1.165, 1.54) is 0 Å². The lowest BCUT2D eigenvalue weighted by Crippen LogP contribution is -2.54. The fourth-order valence-electron chi connectivity index (χ4n) is 2.14. The summed E-state index contributed by atoms with van der Waals surface area (Å²) in [5, 5.41) is 6.20. The Balaban J connectivity index is 2.22. The Bertz CT molecular complexity index is 275. The van der Waals surface area contributed by atoms with Crippen molar-refractivity contribution in [1.82, 2.24) is 20.4 Å². The number of piperazine rings is 1. The van der Waals surface area contributed by atoms with Crippen molar-refractivity contribution in [1.29, 1.82) is 0 Å². The molecule has 1 saturated heterocycles. The van der Waals surface area contributed by atoms with Crippen LogP contribution < -0.4 is 10.6 Å². The Morgan fingerprint density at radius 1 is 1.28 bits per heavy atom. The molecule has 0 bridgehead atoms. The van der Waals surface area contributed by atoms with E-state index in [0.29, 0.717) is 12.6 Å². The Hall–Kier alpha value is -0.650. The molecule has 106 valence electrons. The molecule has 0 aromatic heterocycles. The summed E-state index contributed by atoms with van der Waals surface area (Å²) in [5.41, 5.74) is -0.152. The van der Waals surface area contributed by atoms with E-state index in [0.717, 1.165) is 26.2 Å². The average molecular weight is 256 g/mol. The summed E-state index contributed by atoms with van der Waals surface area (Å²) in [6.45, 7) is 10.5. The molecule has 1 aliphatic heterocycles. The molecule has 0 spiro atoms. The number of likely N-dealkylation sites (N-methyl/N-ethyl adjacent to an activating group) is 2. The second-order valence-electron chi connectivity index (χ2n) is 6.33. The highest BCUT2D eigenvalue weighted by atomic mass is 16.2. The molecule has 0 aliphatic carbocycles.